The summed E-state index contributed by atoms with van der Waals surface area (Å²) in [6.45, 7) is 2.59. The summed E-state index contributed by atoms with van der Waals surface area (Å²) >= 11 is 0. The number of aliphatic hydroxyl groups is 1. The van der Waals surface area contributed by atoms with Gasteiger partial charge in [-0.3, -0.25) is 18.6 Å². The van der Waals surface area contributed by atoms with Crippen molar-refractivity contribution in [2.45, 2.75) is 225 Å². The second kappa shape index (κ2) is 40.7. The molecule has 11 nitrogen and oxygen atoms in total. The first kappa shape index (κ1) is 55.0. The lowest BCUT2D eigenvalue weighted by Gasteiger charge is -2.18. The van der Waals surface area contributed by atoms with E-state index in [1.54, 1.807) is 0 Å². The van der Waals surface area contributed by atoms with Crippen LogP contribution in [0.3, 0.4) is 0 Å². The minimum atomic E-state index is -4.76. The fourth-order valence-electron chi connectivity index (χ4n) is 6.36. The molecule has 1 amide bonds. The number of aliphatic hydroxyl groups excluding tert-OH is 1. The lowest BCUT2D eigenvalue weighted by molar-refractivity contribution is -0.147. The number of rotatable bonds is 43. The van der Waals surface area contributed by atoms with Crippen LogP contribution in [0.4, 0.5) is 0 Å². The van der Waals surface area contributed by atoms with Crippen LogP contribution >= 0.6 is 7.82 Å². The molecule has 0 aromatic carbocycles. The third-order valence-corrected chi connectivity index (χ3v) is 10.9. The average Bonchev–Trinajstić information content (AvgIpc) is 3.18. The van der Waals surface area contributed by atoms with Crippen molar-refractivity contribution in [1.29, 1.82) is 0 Å². The van der Waals surface area contributed by atoms with E-state index in [-0.39, 0.29) is 12.8 Å². The van der Waals surface area contributed by atoms with Crippen molar-refractivity contribution in [2.24, 2.45) is 0 Å². The number of carbonyl (C=O) groups excluding carboxylic acids is 2. The molecular formula is C45H84NO10P. The summed E-state index contributed by atoms with van der Waals surface area (Å²) < 4.78 is 26.8. The Labute approximate surface area is 347 Å². The maximum atomic E-state index is 12.3. The fraction of sp³-hybridized carbons (Fsp3) is 0.844. The molecule has 0 aliphatic heterocycles. The predicted octanol–water partition coefficient (Wildman–Crippen LogP) is 11.8. The molecule has 3 atom stereocenters. The number of carboxylic acids is 1. The largest absolute Gasteiger partial charge is 0.480 e. The summed E-state index contributed by atoms with van der Waals surface area (Å²) in [4.78, 5) is 45.9. The first-order chi connectivity index (χ1) is 27.6. The Balaban J connectivity index is 3.89. The Morgan fingerprint density at radius 3 is 1.33 bits per heavy atom. The Hall–Kier alpha value is -2.04. The van der Waals surface area contributed by atoms with Crippen molar-refractivity contribution >= 4 is 25.7 Å². The lowest BCUT2D eigenvalue weighted by Crippen LogP contribution is -2.43. The molecule has 12 heteroatoms. The van der Waals surface area contributed by atoms with Crippen molar-refractivity contribution in [3.8, 4) is 0 Å². The lowest BCUT2D eigenvalue weighted by atomic mass is 10.1. The van der Waals surface area contributed by atoms with E-state index in [9.17, 15) is 34.1 Å². The Morgan fingerprint density at radius 1 is 0.544 bits per heavy atom. The molecule has 4 N–H and O–H groups in total. The quantitative estimate of drug-likeness (QED) is 0.0201. The number of phosphoric ester groups is 1. The number of amides is 1. The summed E-state index contributed by atoms with van der Waals surface area (Å²) in [5.74, 6) is -2.38. The topological polar surface area (TPSA) is 169 Å². The molecule has 3 unspecified atom stereocenters. The van der Waals surface area contributed by atoms with Gasteiger partial charge in [-0.15, -0.1) is 0 Å². The van der Waals surface area contributed by atoms with Gasteiger partial charge in [0.25, 0.3) is 0 Å². The molecule has 0 saturated carbocycles. The van der Waals surface area contributed by atoms with Gasteiger partial charge in [-0.1, -0.05) is 160 Å². The monoisotopic (exact) mass is 830 g/mol. The van der Waals surface area contributed by atoms with E-state index in [4.69, 9.17) is 13.8 Å². The molecule has 57 heavy (non-hydrogen) atoms. The number of carbonyl (C=O) groups is 3. The van der Waals surface area contributed by atoms with Gasteiger partial charge in [-0.2, -0.15) is 0 Å². The van der Waals surface area contributed by atoms with Gasteiger partial charge in [-0.25, -0.2) is 9.36 Å². The zero-order chi connectivity index (χ0) is 42.1. The van der Waals surface area contributed by atoms with Crippen molar-refractivity contribution in [3.63, 3.8) is 0 Å². The smallest absolute Gasteiger partial charge is 0.472 e. The average molecular weight is 830 g/mol. The number of allylic oxidation sites excluding steroid dienone is 4. The standard InChI is InChI=1S/C45H84NO10P/c1-3-5-7-9-11-13-15-17-19-21-22-24-26-28-30-32-34-36-43(48)46-42(45(50)51)40-56-57(52,53)55-39-41(47)38-54-44(49)37-35-33-31-29-27-25-23-20-18-16-14-12-10-8-6-4-2/h17,19-20,23,41-42,47H,3-16,18,21-22,24-40H2,1-2H3,(H,46,48)(H,50,51)(H,52,53)/b19-17-,23-20-. The summed E-state index contributed by atoms with van der Waals surface area (Å²) in [5.41, 5.74) is 0. The van der Waals surface area contributed by atoms with Crippen LogP contribution in [-0.2, 0) is 32.7 Å². The van der Waals surface area contributed by atoms with E-state index in [0.29, 0.717) is 12.8 Å². The number of unbranched alkanes of at least 4 members (excludes halogenated alkanes) is 25. The zero-order valence-corrected chi connectivity index (χ0v) is 37.0. The molecule has 0 rings (SSSR count). The molecular weight excluding hydrogens is 745 g/mol. The van der Waals surface area contributed by atoms with Gasteiger partial charge < -0.3 is 25.2 Å². The highest BCUT2D eigenvalue weighted by molar-refractivity contribution is 7.47. The van der Waals surface area contributed by atoms with E-state index in [0.717, 1.165) is 70.6 Å². The summed E-state index contributed by atoms with van der Waals surface area (Å²) in [7, 11) is -4.76. The maximum absolute atomic E-state index is 12.3. The normalized spacial score (nSPS) is 13.9. The van der Waals surface area contributed by atoms with Gasteiger partial charge in [0.1, 0.15) is 12.7 Å². The number of carboxylic acid groups (broad SMARTS) is 1. The number of hydrogen-bond acceptors (Lipinski definition) is 8. The minimum Gasteiger partial charge on any atom is -0.480 e. The van der Waals surface area contributed by atoms with Crippen molar-refractivity contribution in [2.75, 3.05) is 19.8 Å². The first-order valence-electron chi connectivity index (χ1n) is 22.9. The second-order valence-electron chi connectivity index (χ2n) is 15.6. The van der Waals surface area contributed by atoms with Gasteiger partial charge in [0.2, 0.25) is 5.91 Å². The summed E-state index contributed by atoms with van der Waals surface area (Å²) in [5, 5.41) is 21.8. The molecule has 0 heterocycles. The van der Waals surface area contributed by atoms with Crippen LogP contribution in [0.15, 0.2) is 24.3 Å². The van der Waals surface area contributed by atoms with Gasteiger partial charge in [0, 0.05) is 12.8 Å². The SMILES string of the molecule is CCCCCCCC/C=C\CCCCCCCCCC(=O)NC(COP(=O)(O)OCC(O)COC(=O)CCCCCCC/C=C\CCCCCCCCC)C(=O)O. The van der Waals surface area contributed by atoms with Crippen LogP contribution in [0.2, 0.25) is 0 Å². The van der Waals surface area contributed by atoms with E-state index in [1.165, 1.54) is 103 Å². The Morgan fingerprint density at radius 2 is 0.912 bits per heavy atom. The van der Waals surface area contributed by atoms with Crippen LogP contribution in [0.25, 0.3) is 0 Å². The minimum absolute atomic E-state index is 0.142. The highest BCUT2D eigenvalue weighted by Gasteiger charge is 2.28. The number of esters is 1. The van der Waals surface area contributed by atoms with E-state index in [1.807, 2.05) is 0 Å². The molecule has 0 radical (unpaired) electrons. The molecule has 0 aliphatic carbocycles. The van der Waals surface area contributed by atoms with Crippen LogP contribution in [-0.4, -0.2) is 64.9 Å². The van der Waals surface area contributed by atoms with Gasteiger partial charge in [-0.05, 0) is 64.2 Å². The third-order valence-electron chi connectivity index (χ3n) is 9.96. The Kier molecular flexibility index (Phi) is 39.3. The third kappa shape index (κ3) is 40.5. The van der Waals surface area contributed by atoms with Gasteiger partial charge >= 0.3 is 19.8 Å². The molecule has 0 saturated heterocycles. The van der Waals surface area contributed by atoms with E-state index >= 15 is 0 Å². The Bertz CT molecular complexity index is 1070. The summed E-state index contributed by atoms with van der Waals surface area (Å²) in [6.07, 6.45) is 41.9. The summed E-state index contributed by atoms with van der Waals surface area (Å²) in [6, 6.07) is -1.55. The van der Waals surface area contributed by atoms with Crippen LogP contribution < -0.4 is 5.32 Å². The molecule has 0 aromatic heterocycles. The van der Waals surface area contributed by atoms with E-state index in [2.05, 4.69) is 43.5 Å². The van der Waals surface area contributed by atoms with Crippen LogP contribution in [0.5, 0.6) is 0 Å². The fourth-order valence-corrected chi connectivity index (χ4v) is 7.14. The molecule has 0 bridgehead atoms. The predicted molar refractivity (Wildman–Crippen MR) is 231 cm³/mol. The molecule has 334 valence electrons. The zero-order valence-electron chi connectivity index (χ0n) is 36.2. The molecule has 0 aliphatic rings. The molecule has 0 aromatic rings. The van der Waals surface area contributed by atoms with Crippen LogP contribution in [0, 0.1) is 0 Å². The molecule has 0 fully saturated rings. The highest BCUT2D eigenvalue weighted by Crippen LogP contribution is 2.43. The van der Waals surface area contributed by atoms with Gasteiger partial charge in [0.15, 0.2) is 6.04 Å². The number of phosphoric acid groups is 1. The van der Waals surface area contributed by atoms with E-state index < -0.39 is 57.6 Å². The number of nitrogens with one attached hydrogen (secondary N) is 1. The van der Waals surface area contributed by atoms with Gasteiger partial charge in [0.05, 0.1) is 13.2 Å². The van der Waals surface area contributed by atoms with Crippen LogP contribution in [0.1, 0.15) is 213 Å². The number of ether oxygens (including phenoxy) is 1. The van der Waals surface area contributed by atoms with Crippen molar-refractivity contribution in [1.82, 2.24) is 5.32 Å². The second-order valence-corrected chi connectivity index (χ2v) is 17.0. The van der Waals surface area contributed by atoms with Crippen molar-refractivity contribution < 1.29 is 47.8 Å². The maximum Gasteiger partial charge on any atom is 0.472 e. The number of aliphatic carboxylic acids is 1. The van der Waals surface area contributed by atoms with Crippen molar-refractivity contribution in [3.05, 3.63) is 24.3 Å². The molecule has 0 spiro atoms. The highest BCUT2D eigenvalue weighted by atomic mass is 31.2. The number of hydrogen-bond donors (Lipinski definition) is 4. The first-order valence-corrected chi connectivity index (χ1v) is 24.4.